The Morgan fingerprint density at radius 1 is 1.03 bits per heavy atom. The summed E-state index contributed by atoms with van der Waals surface area (Å²) in [5.41, 5.74) is 11.9. The van der Waals surface area contributed by atoms with Crippen molar-refractivity contribution in [3.63, 3.8) is 0 Å². The van der Waals surface area contributed by atoms with E-state index in [1.807, 2.05) is 36.4 Å². The minimum atomic E-state index is -0.186. The molecular weight excluding hydrogens is 403 g/mol. The number of nitrogens with one attached hydrogen (secondary N) is 1. The van der Waals surface area contributed by atoms with Crippen LogP contribution in [-0.4, -0.2) is 33.3 Å². The largest absolute Gasteiger partial charge is 0.383 e. The van der Waals surface area contributed by atoms with E-state index in [0.717, 1.165) is 34.2 Å². The Morgan fingerprint density at radius 2 is 1.88 bits per heavy atom. The van der Waals surface area contributed by atoms with Crippen LogP contribution in [0.5, 0.6) is 0 Å². The summed E-state index contributed by atoms with van der Waals surface area (Å²) >= 11 is 0. The first-order valence-corrected chi connectivity index (χ1v) is 11.0. The molecule has 2 aromatic heterocycles. The van der Waals surface area contributed by atoms with E-state index in [0.29, 0.717) is 36.3 Å². The zero-order valence-corrected chi connectivity index (χ0v) is 17.6. The molecule has 2 aromatic carbocycles. The summed E-state index contributed by atoms with van der Waals surface area (Å²) in [6, 6.07) is 15.0. The number of nitrogen functional groups attached to an aromatic ring is 1. The molecule has 160 valence electrons. The Hall–Kier alpha value is -3.74. The summed E-state index contributed by atoms with van der Waals surface area (Å²) in [5, 5.41) is 8.50. The maximum absolute atomic E-state index is 14.1. The first-order chi connectivity index (χ1) is 15.7. The quantitative estimate of drug-likeness (QED) is 0.484. The molecule has 6 nitrogen and oxygen atoms in total. The number of aromatic nitrogens is 4. The van der Waals surface area contributed by atoms with E-state index in [-0.39, 0.29) is 5.82 Å². The van der Waals surface area contributed by atoms with Crippen molar-refractivity contribution in [1.82, 2.24) is 20.2 Å². The SMILES string of the molecule is Nc1nc(N2CC=C(c3ccccc3F)CC2)nc2cccc(-c3cc(C4CC4)[nH]n3)c12. The Bertz CT molecular complexity index is 1350. The van der Waals surface area contributed by atoms with E-state index in [1.165, 1.54) is 24.6 Å². The van der Waals surface area contributed by atoms with Crippen molar-refractivity contribution in [1.29, 1.82) is 0 Å². The van der Waals surface area contributed by atoms with E-state index >= 15 is 0 Å². The van der Waals surface area contributed by atoms with Crippen LogP contribution < -0.4 is 10.6 Å². The molecule has 2 aliphatic rings. The molecule has 7 heteroatoms. The minimum absolute atomic E-state index is 0.186. The molecule has 0 atom stereocenters. The summed E-state index contributed by atoms with van der Waals surface area (Å²) in [4.78, 5) is 11.5. The van der Waals surface area contributed by atoms with Gasteiger partial charge in [-0.1, -0.05) is 36.4 Å². The van der Waals surface area contributed by atoms with Crippen LogP contribution in [-0.2, 0) is 0 Å². The fraction of sp³-hybridized carbons (Fsp3) is 0.240. The number of benzene rings is 2. The third-order valence-electron chi connectivity index (χ3n) is 6.34. The number of H-pyrrole nitrogens is 1. The van der Waals surface area contributed by atoms with Gasteiger partial charge < -0.3 is 10.6 Å². The molecule has 1 aliphatic heterocycles. The third-order valence-corrected chi connectivity index (χ3v) is 6.34. The highest BCUT2D eigenvalue weighted by Gasteiger charge is 2.26. The monoisotopic (exact) mass is 426 g/mol. The molecule has 1 fully saturated rings. The predicted octanol–water partition coefficient (Wildman–Crippen LogP) is 4.91. The summed E-state index contributed by atoms with van der Waals surface area (Å²) < 4.78 is 14.1. The van der Waals surface area contributed by atoms with Gasteiger partial charge in [-0.3, -0.25) is 5.10 Å². The van der Waals surface area contributed by atoms with E-state index in [4.69, 9.17) is 10.7 Å². The molecule has 3 N–H and O–H groups in total. The molecule has 1 aliphatic carbocycles. The minimum Gasteiger partial charge on any atom is -0.383 e. The summed E-state index contributed by atoms with van der Waals surface area (Å²) in [7, 11) is 0. The van der Waals surface area contributed by atoms with Crippen molar-refractivity contribution < 1.29 is 4.39 Å². The number of hydrogen-bond donors (Lipinski definition) is 2. The lowest BCUT2D eigenvalue weighted by Gasteiger charge is -2.27. The van der Waals surface area contributed by atoms with Crippen LogP contribution in [0, 0.1) is 5.82 Å². The first kappa shape index (κ1) is 19.0. The number of nitrogens with two attached hydrogens (primary N) is 1. The Balaban J connectivity index is 1.32. The zero-order valence-electron chi connectivity index (χ0n) is 17.6. The van der Waals surface area contributed by atoms with Crippen molar-refractivity contribution in [2.24, 2.45) is 0 Å². The van der Waals surface area contributed by atoms with Gasteiger partial charge >= 0.3 is 0 Å². The van der Waals surface area contributed by atoms with E-state index in [2.05, 4.69) is 26.1 Å². The van der Waals surface area contributed by atoms with Gasteiger partial charge in [0.05, 0.1) is 16.6 Å². The lowest BCUT2D eigenvalue weighted by atomic mass is 9.99. The second-order valence-electron chi connectivity index (χ2n) is 8.50. The highest BCUT2D eigenvalue weighted by Crippen LogP contribution is 2.41. The van der Waals surface area contributed by atoms with Crippen molar-refractivity contribution in [2.45, 2.75) is 25.2 Å². The van der Waals surface area contributed by atoms with Crippen LogP contribution in [0.15, 0.2) is 54.6 Å². The second kappa shape index (κ2) is 7.44. The fourth-order valence-corrected chi connectivity index (χ4v) is 4.45. The van der Waals surface area contributed by atoms with Crippen molar-refractivity contribution in [3.8, 4) is 11.3 Å². The highest BCUT2D eigenvalue weighted by atomic mass is 19.1. The molecule has 4 aromatic rings. The molecule has 0 radical (unpaired) electrons. The van der Waals surface area contributed by atoms with Gasteiger partial charge in [0.2, 0.25) is 5.95 Å². The maximum Gasteiger partial charge on any atom is 0.228 e. The molecule has 0 unspecified atom stereocenters. The lowest BCUT2D eigenvalue weighted by Crippen LogP contribution is -2.30. The summed E-state index contributed by atoms with van der Waals surface area (Å²) in [5.74, 6) is 1.46. The van der Waals surface area contributed by atoms with Gasteiger partial charge in [-0.15, -0.1) is 0 Å². The van der Waals surface area contributed by atoms with Crippen LogP contribution in [0.4, 0.5) is 16.2 Å². The normalized spacial score (nSPS) is 16.4. The number of nitrogens with zero attached hydrogens (tertiary/aromatic N) is 4. The van der Waals surface area contributed by atoms with Crippen molar-refractivity contribution in [3.05, 3.63) is 71.7 Å². The van der Waals surface area contributed by atoms with E-state index in [1.54, 1.807) is 6.07 Å². The maximum atomic E-state index is 14.1. The first-order valence-electron chi connectivity index (χ1n) is 11.0. The second-order valence-corrected chi connectivity index (χ2v) is 8.50. The van der Waals surface area contributed by atoms with Gasteiger partial charge in [0.15, 0.2) is 0 Å². The molecule has 0 bridgehead atoms. The summed E-state index contributed by atoms with van der Waals surface area (Å²) in [6.07, 6.45) is 5.20. The number of fused-ring (bicyclic) bond motifs is 1. The Kier molecular flexibility index (Phi) is 4.41. The van der Waals surface area contributed by atoms with E-state index in [9.17, 15) is 4.39 Å². The molecule has 1 saturated carbocycles. The molecule has 0 saturated heterocycles. The average Bonchev–Trinajstić information content (AvgIpc) is 3.55. The van der Waals surface area contributed by atoms with Crippen LogP contribution in [0.1, 0.15) is 36.4 Å². The van der Waals surface area contributed by atoms with Gasteiger partial charge in [0.25, 0.3) is 0 Å². The molecule has 0 amide bonds. The lowest BCUT2D eigenvalue weighted by molar-refractivity contribution is 0.622. The van der Waals surface area contributed by atoms with Crippen LogP contribution >= 0.6 is 0 Å². The Labute approximate surface area is 185 Å². The zero-order chi connectivity index (χ0) is 21.7. The number of rotatable bonds is 4. The molecule has 6 rings (SSSR count). The third kappa shape index (κ3) is 3.30. The molecule has 32 heavy (non-hydrogen) atoms. The molecule has 3 heterocycles. The van der Waals surface area contributed by atoms with Gasteiger partial charge in [0, 0.05) is 35.8 Å². The van der Waals surface area contributed by atoms with Crippen LogP contribution in [0.2, 0.25) is 0 Å². The Morgan fingerprint density at radius 3 is 2.66 bits per heavy atom. The smallest absolute Gasteiger partial charge is 0.228 e. The van der Waals surface area contributed by atoms with Gasteiger partial charge in [0.1, 0.15) is 11.6 Å². The number of halogens is 1. The average molecular weight is 426 g/mol. The summed E-state index contributed by atoms with van der Waals surface area (Å²) in [6.45, 7) is 1.31. The highest BCUT2D eigenvalue weighted by molar-refractivity contribution is 6.01. The van der Waals surface area contributed by atoms with Gasteiger partial charge in [-0.25, -0.2) is 9.37 Å². The topological polar surface area (TPSA) is 83.7 Å². The van der Waals surface area contributed by atoms with Gasteiger partial charge in [-0.05, 0) is 43.0 Å². The molecule has 0 spiro atoms. The van der Waals surface area contributed by atoms with Crippen LogP contribution in [0.25, 0.3) is 27.7 Å². The number of aromatic amines is 1. The van der Waals surface area contributed by atoms with Crippen molar-refractivity contribution in [2.75, 3.05) is 23.7 Å². The van der Waals surface area contributed by atoms with Gasteiger partial charge in [-0.2, -0.15) is 10.1 Å². The van der Waals surface area contributed by atoms with Crippen LogP contribution in [0.3, 0.4) is 0 Å². The van der Waals surface area contributed by atoms with E-state index < -0.39 is 0 Å². The number of hydrogen-bond acceptors (Lipinski definition) is 5. The molecular formula is C25H23FN6. The van der Waals surface area contributed by atoms with Crippen molar-refractivity contribution >= 4 is 28.2 Å². The standard InChI is InChI=1S/C25H23FN6/c26-19-6-2-1-4-17(19)15-10-12-32(13-11-15)25-28-20-7-3-5-18(23(20)24(27)29-25)22-14-21(30-31-22)16-8-9-16/h1-7,10,14,16H,8-9,11-13H2,(H,30,31)(H2,27,28,29). The predicted molar refractivity (Wildman–Crippen MR) is 125 cm³/mol. The number of anilines is 2. The fourth-order valence-electron chi connectivity index (χ4n) is 4.45.